The maximum Gasteiger partial charge on any atom is 0.375 e. The van der Waals surface area contributed by atoms with E-state index in [9.17, 15) is 19.2 Å². The van der Waals surface area contributed by atoms with Crippen LogP contribution < -0.4 is 0 Å². The van der Waals surface area contributed by atoms with Gasteiger partial charge >= 0.3 is 5.97 Å². The molecule has 1 saturated carbocycles. The van der Waals surface area contributed by atoms with Crippen LogP contribution in [-0.2, 0) is 9.53 Å². The van der Waals surface area contributed by atoms with Crippen LogP contribution >= 0.6 is 0 Å². The number of aryl methyl sites for hydroxylation is 1. The van der Waals surface area contributed by atoms with Gasteiger partial charge in [0.25, 0.3) is 5.91 Å². The lowest BCUT2D eigenvalue weighted by Gasteiger charge is -2.39. The third-order valence-electron chi connectivity index (χ3n) is 5.58. The number of benzene rings is 1. The van der Waals surface area contributed by atoms with E-state index in [2.05, 4.69) is 6.07 Å². The fourth-order valence-corrected chi connectivity index (χ4v) is 3.79. The Morgan fingerprint density at radius 2 is 2.00 bits per heavy atom. The van der Waals surface area contributed by atoms with Gasteiger partial charge in [0.05, 0.1) is 6.07 Å². The summed E-state index contributed by atoms with van der Waals surface area (Å²) in [5.41, 5.74) is -0.0381. The predicted octanol–water partition coefficient (Wildman–Crippen LogP) is 4.11. The summed E-state index contributed by atoms with van der Waals surface area (Å²) in [4.78, 5) is 26.7. The Balaban J connectivity index is 1.76. The molecular weight excluding hydrogens is 363 g/mol. The first-order chi connectivity index (χ1) is 13.3. The van der Waals surface area contributed by atoms with E-state index in [0.29, 0.717) is 29.4 Å². The molecule has 1 aliphatic rings. The average Bonchev–Trinajstić information content (AvgIpc) is 3.03. The minimum atomic E-state index is -1.08. The van der Waals surface area contributed by atoms with Crippen molar-refractivity contribution in [3.8, 4) is 6.07 Å². The van der Waals surface area contributed by atoms with Crippen molar-refractivity contribution in [1.29, 1.82) is 5.26 Å². The van der Waals surface area contributed by atoms with E-state index in [1.807, 2.05) is 0 Å². The zero-order chi connectivity index (χ0) is 20.5. The number of amides is 1. The number of hydrogen-bond acceptors (Lipinski definition) is 5. The van der Waals surface area contributed by atoms with Crippen molar-refractivity contribution in [3.63, 3.8) is 0 Å². The van der Waals surface area contributed by atoms with E-state index in [1.165, 1.54) is 30.0 Å². The highest BCUT2D eigenvalue weighted by Gasteiger charge is 2.41. The van der Waals surface area contributed by atoms with Gasteiger partial charge in [-0.25, -0.2) is 9.18 Å². The molecule has 0 unspecified atom stereocenters. The molecule has 0 aliphatic heterocycles. The quantitative estimate of drug-likeness (QED) is 0.739. The Morgan fingerprint density at radius 3 is 2.64 bits per heavy atom. The van der Waals surface area contributed by atoms with E-state index in [4.69, 9.17) is 9.15 Å². The van der Waals surface area contributed by atoms with Crippen LogP contribution in [-0.4, -0.2) is 35.5 Å². The first-order valence-corrected chi connectivity index (χ1v) is 9.37. The fraction of sp³-hybridized carbons (Fsp3) is 0.476. The predicted molar refractivity (Wildman–Crippen MR) is 100.0 cm³/mol. The lowest BCUT2D eigenvalue weighted by molar-refractivity contribution is -0.143. The number of esters is 1. The number of carbonyl (C=O) groups is 2. The zero-order valence-corrected chi connectivity index (χ0v) is 16.3. The molecule has 3 rings (SSSR count). The van der Waals surface area contributed by atoms with E-state index in [0.717, 1.165) is 19.3 Å². The molecule has 1 fully saturated rings. The number of ether oxygens (including phenoxy) is 1. The third kappa shape index (κ3) is 3.47. The second kappa shape index (κ2) is 7.63. The number of rotatable bonds is 4. The van der Waals surface area contributed by atoms with Gasteiger partial charge in [0.1, 0.15) is 16.9 Å². The molecule has 7 heteroatoms. The molecule has 148 valence electrons. The SMILES string of the molecule is Cc1c(C(=O)O[C@@H](C)C(=O)N(C)C2(C#N)CCCCC2)oc2ccc(F)cc12. The molecule has 0 bridgehead atoms. The average molecular weight is 386 g/mol. The molecular formula is C21H23FN2O4. The van der Waals surface area contributed by atoms with Crippen molar-refractivity contribution in [3.05, 3.63) is 35.3 Å². The van der Waals surface area contributed by atoms with Crippen molar-refractivity contribution < 1.29 is 23.1 Å². The zero-order valence-electron chi connectivity index (χ0n) is 16.3. The number of nitriles is 1. The van der Waals surface area contributed by atoms with Crippen LogP contribution in [0.1, 0.15) is 55.1 Å². The van der Waals surface area contributed by atoms with Crippen LogP contribution in [0.5, 0.6) is 0 Å². The van der Waals surface area contributed by atoms with Gasteiger partial charge in [0.15, 0.2) is 6.10 Å². The minimum Gasteiger partial charge on any atom is -0.449 e. The molecule has 1 heterocycles. The number of hydrogen-bond donors (Lipinski definition) is 0. The van der Waals surface area contributed by atoms with Gasteiger partial charge in [-0.05, 0) is 44.9 Å². The molecule has 0 N–H and O–H groups in total. The number of carbonyl (C=O) groups excluding carboxylic acids is 2. The van der Waals surface area contributed by atoms with Crippen molar-refractivity contribution in [2.75, 3.05) is 7.05 Å². The summed E-state index contributed by atoms with van der Waals surface area (Å²) in [6, 6.07) is 6.25. The molecule has 2 aromatic rings. The second-order valence-electron chi connectivity index (χ2n) is 7.35. The number of likely N-dealkylation sites (N-methyl/N-ethyl adjacent to an activating group) is 1. The maximum absolute atomic E-state index is 13.4. The molecule has 1 atom stereocenters. The summed E-state index contributed by atoms with van der Waals surface area (Å²) < 4.78 is 24.3. The Bertz CT molecular complexity index is 953. The van der Waals surface area contributed by atoms with Gasteiger partial charge in [-0.2, -0.15) is 5.26 Å². The van der Waals surface area contributed by atoms with Crippen LogP contribution in [0.2, 0.25) is 0 Å². The summed E-state index contributed by atoms with van der Waals surface area (Å²) in [6.07, 6.45) is 2.96. The van der Waals surface area contributed by atoms with Crippen LogP contribution in [0.15, 0.2) is 22.6 Å². The van der Waals surface area contributed by atoms with E-state index >= 15 is 0 Å². The summed E-state index contributed by atoms with van der Waals surface area (Å²) in [6.45, 7) is 3.11. The highest BCUT2D eigenvalue weighted by Crippen LogP contribution is 2.33. The van der Waals surface area contributed by atoms with Crippen molar-refractivity contribution in [2.45, 2.75) is 57.6 Å². The molecule has 1 aromatic heterocycles. The first kappa shape index (κ1) is 19.9. The standard InChI is InChI=1S/C21H23FN2O4/c1-13-16-11-15(22)7-8-17(16)28-18(13)20(26)27-14(2)19(25)24(3)21(12-23)9-5-4-6-10-21/h7-8,11,14H,4-6,9-10H2,1-3H3/t14-/m0/s1. The highest BCUT2D eigenvalue weighted by molar-refractivity contribution is 5.97. The topological polar surface area (TPSA) is 83.5 Å². The molecule has 0 radical (unpaired) electrons. The van der Waals surface area contributed by atoms with E-state index < -0.39 is 29.3 Å². The molecule has 1 amide bonds. The third-order valence-corrected chi connectivity index (χ3v) is 5.58. The fourth-order valence-electron chi connectivity index (χ4n) is 3.79. The smallest absolute Gasteiger partial charge is 0.375 e. The lowest BCUT2D eigenvalue weighted by Crippen LogP contribution is -2.53. The van der Waals surface area contributed by atoms with Gasteiger partial charge < -0.3 is 14.1 Å². The van der Waals surface area contributed by atoms with Crippen LogP contribution in [0.3, 0.4) is 0 Å². The van der Waals surface area contributed by atoms with Gasteiger partial charge in [0, 0.05) is 18.0 Å². The first-order valence-electron chi connectivity index (χ1n) is 9.37. The Hall–Kier alpha value is -2.88. The number of nitrogens with zero attached hydrogens (tertiary/aromatic N) is 2. The van der Waals surface area contributed by atoms with Crippen LogP contribution in [0, 0.1) is 24.1 Å². The van der Waals surface area contributed by atoms with E-state index in [1.54, 1.807) is 14.0 Å². The Kier molecular flexibility index (Phi) is 5.41. The second-order valence-corrected chi connectivity index (χ2v) is 7.35. The highest BCUT2D eigenvalue weighted by atomic mass is 19.1. The molecule has 28 heavy (non-hydrogen) atoms. The minimum absolute atomic E-state index is 0.0597. The molecule has 0 spiro atoms. The van der Waals surface area contributed by atoms with Crippen LogP contribution in [0.25, 0.3) is 11.0 Å². The molecule has 1 aromatic carbocycles. The number of fused-ring (bicyclic) bond motifs is 1. The van der Waals surface area contributed by atoms with Gasteiger partial charge in [0.2, 0.25) is 5.76 Å². The van der Waals surface area contributed by atoms with Crippen molar-refractivity contribution >= 4 is 22.8 Å². The van der Waals surface area contributed by atoms with Gasteiger partial charge in [-0.3, -0.25) is 4.79 Å². The number of furan rings is 1. The summed E-state index contributed by atoms with van der Waals surface area (Å²) in [7, 11) is 1.58. The maximum atomic E-state index is 13.4. The normalized spacial score (nSPS) is 17.0. The van der Waals surface area contributed by atoms with Gasteiger partial charge in [-0.1, -0.05) is 19.3 Å². The number of halogens is 1. The molecule has 6 nitrogen and oxygen atoms in total. The lowest BCUT2D eigenvalue weighted by atomic mass is 9.81. The summed E-state index contributed by atoms with van der Waals surface area (Å²) in [5, 5.41) is 10.1. The largest absolute Gasteiger partial charge is 0.449 e. The molecule has 1 aliphatic carbocycles. The molecule has 0 saturated heterocycles. The Labute approximate surface area is 162 Å². The monoisotopic (exact) mass is 386 g/mol. The van der Waals surface area contributed by atoms with Gasteiger partial charge in [-0.15, -0.1) is 0 Å². The van der Waals surface area contributed by atoms with Crippen molar-refractivity contribution in [1.82, 2.24) is 4.90 Å². The van der Waals surface area contributed by atoms with E-state index in [-0.39, 0.29) is 5.76 Å². The van der Waals surface area contributed by atoms with Crippen molar-refractivity contribution in [2.24, 2.45) is 0 Å². The van der Waals surface area contributed by atoms with Crippen LogP contribution in [0.4, 0.5) is 4.39 Å². The summed E-state index contributed by atoms with van der Waals surface area (Å²) >= 11 is 0. The Morgan fingerprint density at radius 1 is 1.32 bits per heavy atom. The summed E-state index contributed by atoms with van der Waals surface area (Å²) in [5.74, 6) is -1.72.